The van der Waals surface area contributed by atoms with Crippen molar-refractivity contribution in [1.29, 1.82) is 0 Å². The number of aromatic nitrogens is 2. The van der Waals surface area contributed by atoms with Gasteiger partial charge in [-0.2, -0.15) is 0 Å². The minimum atomic E-state index is -0.0603. The third-order valence-electron chi connectivity index (χ3n) is 2.03. The second-order valence-corrected chi connectivity index (χ2v) is 3.08. The van der Waals surface area contributed by atoms with E-state index in [2.05, 4.69) is 11.6 Å². The zero-order valence-electron chi connectivity index (χ0n) is 8.71. The highest BCUT2D eigenvalue weighted by Gasteiger charge is 2.07. The quantitative estimate of drug-likeness (QED) is 0.780. The highest BCUT2D eigenvalue weighted by atomic mass is 16.1. The molecular formula is C11H16N2O. The zero-order chi connectivity index (χ0) is 10.6. The molecule has 0 aromatic carbocycles. The van der Waals surface area contributed by atoms with Gasteiger partial charge in [-0.3, -0.25) is 4.57 Å². The summed E-state index contributed by atoms with van der Waals surface area (Å²) in [4.78, 5) is 14.3. The molecule has 0 unspecified atom stereocenters. The largest absolute Gasteiger partial charge is 0.326 e. The highest BCUT2D eigenvalue weighted by molar-refractivity contribution is 5.58. The van der Waals surface area contributed by atoms with Crippen molar-refractivity contribution in [1.82, 2.24) is 9.55 Å². The summed E-state index contributed by atoms with van der Waals surface area (Å²) in [6.07, 6.45) is 6.43. The molecule has 3 nitrogen and oxygen atoms in total. The SMILES string of the molecule is C=Cc1c(/C=C\C)[nH]c(=O)n1CCC. The van der Waals surface area contributed by atoms with Crippen LogP contribution in [0.25, 0.3) is 12.2 Å². The van der Waals surface area contributed by atoms with Crippen molar-refractivity contribution in [2.24, 2.45) is 0 Å². The van der Waals surface area contributed by atoms with Crippen LogP contribution in [0.3, 0.4) is 0 Å². The fourth-order valence-corrected chi connectivity index (χ4v) is 1.46. The van der Waals surface area contributed by atoms with Crippen LogP contribution >= 0.6 is 0 Å². The molecule has 0 aliphatic heterocycles. The fraction of sp³-hybridized carbons (Fsp3) is 0.364. The lowest BCUT2D eigenvalue weighted by Gasteiger charge is -2.01. The van der Waals surface area contributed by atoms with Crippen LogP contribution in [0.4, 0.5) is 0 Å². The number of nitrogens with zero attached hydrogens (tertiary/aromatic N) is 1. The Hall–Kier alpha value is -1.51. The average Bonchev–Trinajstić information content (AvgIpc) is 2.44. The summed E-state index contributed by atoms with van der Waals surface area (Å²) in [6, 6.07) is 0. The van der Waals surface area contributed by atoms with Gasteiger partial charge in [0, 0.05) is 6.54 Å². The van der Waals surface area contributed by atoms with Crippen molar-refractivity contribution < 1.29 is 0 Å². The van der Waals surface area contributed by atoms with E-state index in [9.17, 15) is 4.79 Å². The van der Waals surface area contributed by atoms with Crippen molar-refractivity contribution in [3.63, 3.8) is 0 Å². The summed E-state index contributed by atoms with van der Waals surface area (Å²) < 4.78 is 1.71. The van der Waals surface area contributed by atoms with Crippen LogP contribution in [0.2, 0.25) is 0 Å². The van der Waals surface area contributed by atoms with Gasteiger partial charge in [0.2, 0.25) is 0 Å². The number of imidazole rings is 1. The third kappa shape index (κ3) is 1.87. The smallest absolute Gasteiger partial charge is 0.306 e. The maximum atomic E-state index is 11.5. The van der Waals surface area contributed by atoms with Crippen molar-refractivity contribution in [2.75, 3.05) is 0 Å². The van der Waals surface area contributed by atoms with E-state index in [1.807, 2.05) is 26.0 Å². The van der Waals surface area contributed by atoms with Gasteiger partial charge in [0.05, 0.1) is 11.4 Å². The topological polar surface area (TPSA) is 37.8 Å². The molecule has 0 aliphatic carbocycles. The molecule has 0 atom stereocenters. The first-order valence-corrected chi connectivity index (χ1v) is 4.82. The molecule has 0 fully saturated rings. The summed E-state index contributed by atoms with van der Waals surface area (Å²) in [5.74, 6) is 0. The Bertz CT molecular complexity index is 396. The summed E-state index contributed by atoms with van der Waals surface area (Å²) in [5.41, 5.74) is 1.64. The van der Waals surface area contributed by atoms with Gasteiger partial charge in [-0.25, -0.2) is 4.79 Å². The van der Waals surface area contributed by atoms with E-state index in [1.165, 1.54) is 0 Å². The van der Waals surface area contributed by atoms with Gasteiger partial charge in [-0.05, 0) is 25.5 Å². The van der Waals surface area contributed by atoms with Crippen molar-refractivity contribution >= 4 is 12.2 Å². The van der Waals surface area contributed by atoms with Gasteiger partial charge in [0.15, 0.2) is 0 Å². The second-order valence-electron chi connectivity index (χ2n) is 3.08. The molecule has 1 rings (SSSR count). The highest BCUT2D eigenvalue weighted by Crippen LogP contribution is 2.08. The van der Waals surface area contributed by atoms with E-state index in [0.717, 1.165) is 24.4 Å². The first-order chi connectivity index (χ1) is 6.74. The molecular weight excluding hydrogens is 176 g/mol. The van der Waals surface area contributed by atoms with Gasteiger partial charge >= 0.3 is 5.69 Å². The molecule has 0 amide bonds. The Morgan fingerprint density at radius 1 is 1.57 bits per heavy atom. The number of hydrogen-bond donors (Lipinski definition) is 1. The number of allylic oxidation sites excluding steroid dienone is 1. The first-order valence-electron chi connectivity index (χ1n) is 4.82. The van der Waals surface area contributed by atoms with E-state index in [0.29, 0.717) is 0 Å². The van der Waals surface area contributed by atoms with Gasteiger partial charge in [0.25, 0.3) is 0 Å². The maximum absolute atomic E-state index is 11.5. The number of rotatable bonds is 4. The Labute approximate surface area is 83.8 Å². The standard InChI is InChI=1S/C11H16N2O/c1-4-7-9-10(6-3)13(8-5-2)11(14)12-9/h4,6-7H,3,5,8H2,1-2H3,(H,12,14)/b7-4-. The van der Waals surface area contributed by atoms with E-state index in [1.54, 1.807) is 10.6 Å². The molecule has 14 heavy (non-hydrogen) atoms. The average molecular weight is 192 g/mol. The molecule has 3 heteroatoms. The predicted octanol–water partition coefficient (Wildman–Crippen LogP) is 2.26. The molecule has 0 radical (unpaired) electrons. The Kier molecular flexibility index (Phi) is 3.51. The molecule has 1 N–H and O–H groups in total. The molecule has 0 aliphatic rings. The number of hydrogen-bond acceptors (Lipinski definition) is 1. The first kappa shape index (κ1) is 10.6. The van der Waals surface area contributed by atoms with Crippen LogP contribution in [0, 0.1) is 0 Å². The second kappa shape index (κ2) is 4.65. The van der Waals surface area contributed by atoms with Crippen LogP contribution in [0.1, 0.15) is 31.7 Å². The van der Waals surface area contributed by atoms with Crippen molar-refractivity contribution in [2.45, 2.75) is 26.8 Å². The monoisotopic (exact) mass is 192 g/mol. The van der Waals surface area contributed by atoms with Crippen LogP contribution in [0.5, 0.6) is 0 Å². The van der Waals surface area contributed by atoms with Crippen LogP contribution in [-0.2, 0) is 6.54 Å². The van der Waals surface area contributed by atoms with Crippen molar-refractivity contribution in [3.8, 4) is 0 Å². The van der Waals surface area contributed by atoms with E-state index in [4.69, 9.17) is 0 Å². The normalized spacial score (nSPS) is 11.0. The molecule has 0 spiro atoms. The molecule has 1 heterocycles. The Morgan fingerprint density at radius 3 is 2.79 bits per heavy atom. The van der Waals surface area contributed by atoms with Crippen LogP contribution in [-0.4, -0.2) is 9.55 Å². The minimum Gasteiger partial charge on any atom is -0.306 e. The summed E-state index contributed by atoms with van der Waals surface area (Å²) >= 11 is 0. The number of H-pyrrole nitrogens is 1. The van der Waals surface area contributed by atoms with Gasteiger partial charge in [-0.15, -0.1) is 0 Å². The molecule has 0 bridgehead atoms. The zero-order valence-corrected chi connectivity index (χ0v) is 8.71. The molecule has 1 aromatic heterocycles. The molecule has 0 saturated carbocycles. The summed E-state index contributed by atoms with van der Waals surface area (Å²) in [6.45, 7) is 8.41. The Balaban J connectivity index is 3.27. The van der Waals surface area contributed by atoms with Gasteiger partial charge in [0.1, 0.15) is 0 Å². The van der Waals surface area contributed by atoms with E-state index >= 15 is 0 Å². The maximum Gasteiger partial charge on any atom is 0.326 e. The lowest BCUT2D eigenvalue weighted by molar-refractivity contribution is 0.652. The summed E-state index contributed by atoms with van der Waals surface area (Å²) in [7, 11) is 0. The van der Waals surface area contributed by atoms with Gasteiger partial charge < -0.3 is 4.98 Å². The lowest BCUT2D eigenvalue weighted by atomic mass is 10.3. The molecule has 0 saturated heterocycles. The fourth-order valence-electron chi connectivity index (χ4n) is 1.46. The molecule has 76 valence electrons. The summed E-state index contributed by atoms with van der Waals surface area (Å²) in [5, 5.41) is 0. The molecule has 1 aromatic rings. The third-order valence-corrected chi connectivity index (χ3v) is 2.03. The van der Waals surface area contributed by atoms with E-state index < -0.39 is 0 Å². The van der Waals surface area contributed by atoms with E-state index in [-0.39, 0.29) is 5.69 Å². The lowest BCUT2D eigenvalue weighted by Crippen LogP contribution is -2.17. The predicted molar refractivity (Wildman–Crippen MR) is 60.1 cm³/mol. The number of aromatic amines is 1. The van der Waals surface area contributed by atoms with Crippen LogP contribution in [0.15, 0.2) is 17.4 Å². The Morgan fingerprint density at radius 2 is 2.29 bits per heavy atom. The van der Waals surface area contributed by atoms with Gasteiger partial charge in [-0.1, -0.05) is 19.6 Å². The van der Waals surface area contributed by atoms with Crippen molar-refractivity contribution in [3.05, 3.63) is 34.5 Å². The number of nitrogens with one attached hydrogen (secondary N) is 1. The minimum absolute atomic E-state index is 0.0603. The van der Waals surface area contributed by atoms with Crippen LogP contribution < -0.4 is 5.69 Å².